The maximum atomic E-state index is 11.6. The van der Waals surface area contributed by atoms with Crippen LogP contribution in [0.5, 0.6) is 11.5 Å². The largest absolute Gasteiger partial charge is 0.454 e. The summed E-state index contributed by atoms with van der Waals surface area (Å²) in [4.78, 5) is 11.6. The third kappa shape index (κ3) is 7.94. The van der Waals surface area contributed by atoms with Crippen LogP contribution in [0.4, 0.5) is 0 Å². The van der Waals surface area contributed by atoms with E-state index in [4.69, 9.17) is 9.47 Å². The summed E-state index contributed by atoms with van der Waals surface area (Å²) in [6, 6.07) is 6.04. The van der Waals surface area contributed by atoms with Gasteiger partial charge in [0.1, 0.15) is 0 Å². The molecule has 0 spiro atoms. The number of ether oxygens (including phenoxy) is 2. The molecule has 0 saturated heterocycles. The molecule has 4 nitrogen and oxygen atoms in total. The van der Waals surface area contributed by atoms with E-state index in [0.717, 1.165) is 42.9 Å². The number of amides is 1. The Balaban J connectivity index is 1.44. The molecular weight excluding hydrogens is 326 g/mol. The summed E-state index contributed by atoms with van der Waals surface area (Å²) in [5.74, 6) is 2.40. The monoisotopic (exact) mass is 359 g/mol. The molecule has 0 radical (unpaired) electrons. The lowest BCUT2D eigenvalue weighted by Gasteiger charge is -2.07. The first-order valence-corrected chi connectivity index (χ1v) is 9.98. The highest BCUT2D eigenvalue weighted by Gasteiger charge is 2.11. The molecule has 0 aromatic heterocycles. The van der Waals surface area contributed by atoms with E-state index in [1.165, 1.54) is 25.7 Å². The Bertz CT molecular complexity index is 581. The maximum absolute atomic E-state index is 11.6. The topological polar surface area (TPSA) is 47.6 Å². The molecule has 0 fully saturated rings. The first kappa shape index (κ1) is 20.3. The van der Waals surface area contributed by atoms with Crippen molar-refractivity contribution in [3.05, 3.63) is 29.8 Å². The minimum absolute atomic E-state index is 0.201. The van der Waals surface area contributed by atoms with Crippen LogP contribution >= 0.6 is 0 Å². The van der Waals surface area contributed by atoms with Crippen LogP contribution in [-0.2, 0) is 4.79 Å². The van der Waals surface area contributed by atoms with Crippen LogP contribution in [0, 0.1) is 5.92 Å². The van der Waals surface area contributed by atoms with E-state index in [1.807, 2.05) is 12.1 Å². The van der Waals surface area contributed by atoms with Crippen LogP contribution in [0.3, 0.4) is 0 Å². The lowest BCUT2D eigenvalue weighted by Crippen LogP contribution is -2.26. The first-order valence-electron chi connectivity index (χ1n) is 9.98. The minimum atomic E-state index is 0.201. The van der Waals surface area contributed by atoms with E-state index < -0.39 is 0 Å². The fraction of sp³-hybridized carbons (Fsp3) is 0.591. The van der Waals surface area contributed by atoms with Gasteiger partial charge in [-0.3, -0.25) is 4.79 Å². The van der Waals surface area contributed by atoms with Gasteiger partial charge in [-0.1, -0.05) is 57.7 Å². The molecule has 0 atom stereocenters. The summed E-state index contributed by atoms with van der Waals surface area (Å²) in [6.07, 6.45) is 13.3. The van der Waals surface area contributed by atoms with Crippen LogP contribution in [0.2, 0.25) is 0 Å². The Labute approximate surface area is 158 Å². The molecule has 1 aliphatic heterocycles. The molecule has 1 amide bonds. The van der Waals surface area contributed by atoms with Crippen molar-refractivity contribution in [1.29, 1.82) is 0 Å². The second-order valence-corrected chi connectivity index (χ2v) is 7.37. The Kier molecular flexibility index (Phi) is 9.08. The summed E-state index contributed by atoms with van der Waals surface area (Å²) >= 11 is 0. The molecule has 0 aliphatic carbocycles. The van der Waals surface area contributed by atoms with Crippen LogP contribution in [-0.4, -0.2) is 19.2 Å². The number of nitrogens with one attached hydrogen (secondary N) is 1. The van der Waals surface area contributed by atoms with Gasteiger partial charge in [0, 0.05) is 13.0 Å². The molecular formula is C22H33NO3. The summed E-state index contributed by atoms with van der Waals surface area (Å²) in [7, 11) is 0. The number of benzene rings is 1. The van der Waals surface area contributed by atoms with Crippen molar-refractivity contribution in [3.63, 3.8) is 0 Å². The lowest BCUT2D eigenvalue weighted by molar-refractivity contribution is -0.121. The number of rotatable bonds is 12. The molecule has 1 N–H and O–H groups in total. The van der Waals surface area contributed by atoms with Crippen molar-refractivity contribution >= 4 is 12.0 Å². The molecule has 1 aromatic rings. The molecule has 0 unspecified atom stereocenters. The van der Waals surface area contributed by atoms with E-state index in [0.29, 0.717) is 19.1 Å². The molecule has 1 heterocycles. The smallest absolute Gasteiger partial charge is 0.231 e. The Morgan fingerprint density at radius 1 is 1.08 bits per heavy atom. The quantitative estimate of drug-likeness (QED) is 0.514. The highest BCUT2D eigenvalue weighted by Crippen LogP contribution is 2.32. The number of unbranched alkanes of at least 4 members (excludes halogenated alkanes) is 6. The van der Waals surface area contributed by atoms with Crippen molar-refractivity contribution < 1.29 is 14.3 Å². The normalized spacial score (nSPS) is 12.9. The van der Waals surface area contributed by atoms with Gasteiger partial charge in [0.25, 0.3) is 0 Å². The van der Waals surface area contributed by atoms with Crippen LogP contribution in [0.25, 0.3) is 6.08 Å². The second kappa shape index (κ2) is 11.6. The Morgan fingerprint density at radius 2 is 1.81 bits per heavy atom. The highest BCUT2D eigenvalue weighted by molar-refractivity contribution is 5.75. The molecule has 144 valence electrons. The standard InChI is InChI=1S/C22H33NO3/c1-18(2)16-23-22(24)12-10-8-6-4-3-5-7-9-11-19-13-14-20-21(15-19)26-17-25-20/h9,11,13-15,18H,3-8,10,12,16-17H2,1-2H3,(H,23,24). The summed E-state index contributed by atoms with van der Waals surface area (Å²) < 4.78 is 10.7. The SMILES string of the molecule is CC(C)CNC(=O)CCCCCCCCC=Cc1ccc2c(c1)OCO2. The maximum Gasteiger partial charge on any atom is 0.231 e. The molecule has 1 aliphatic rings. The summed E-state index contributed by atoms with van der Waals surface area (Å²) in [6.45, 7) is 5.35. The van der Waals surface area contributed by atoms with Gasteiger partial charge in [-0.05, 0) is 42.9 Å². The predicted molar refractivity (Wildman–Crippen MR) is 106 cm³/mol. The van der Waals surface area contributed by atoms with Crippen molar-refractivity contribution in [3.8, 4) is 11.5 Å². The molecule has 2 rings (SSSR count). The highest BCUT2D eigenvalue weighted by atomic mass is 16.7. The molecule has 1 aromatic carbocycles. The van der Waals surface area contributed by atoms with Crippen molar-refractivity contribution in [2.24, 2.45) is 5.92 Å². The zero-order valence-corrected chi connectivity index (χ0v) is 16.3. The van der Waals surface area contributed by atoms with Crippen LogP contribution in [0.15, 0.2) is 24.3 Å². The average molecular weight is 360 g/mol. The van der Waals surface area contributed by atoms with E-state index in [9.17, 15) is 4.79 Å². The average Bonchev–Trinajstić information content (AvgIpc) is 3.09. The second-order valence-electron chi connectivity index (χ2n) is 7.37. The van der Waals surface area contributed by atoms with Gasteiger partial charge in [0.15, 0.2) is 11.5 Å². The summed E-state index contributed by atoms with van der Waals surface area (Å²) in [5, 5.41) is 2.97. The fourth-order valence-electron chi connectivity index (χ4n) is 2.90. The minimum Gasteiger partial charge on any atom is -0.454 e. The number of carbonyl (C=O) groups excluding carboxylic acids is 1. The van der Waals surface area contributed by atoms with Crippen LogP contribution < -0.4 is 14.8 Å². The third-order valence-electron chi connectivity index (χ3n) is 4.44. The van der Waals surface area contributed by atoms with Crippen molar-refractivity contribution in [2.75, 3.05) is 13.3 Å². The molecule has 0 bridgehead atoms. The zero-order chi connectivity index (χ0) is 18.6. The van der Waals surface area contributed by atoms with E-state index in [-0.39, 0.29) is 5.91 Å². The van der Waals surface area contributed by atoms with Crippen LogP contribution in [0.1, 0.15) is 70.8 Å². The molecule has 0 saturated carbocycles. The number of hydrogen-bond acceptors (Lipinski definition) is 3. The summed E-state index contributed by atoms with van der Waals surface area (Å²) in [5.41, 5.74) is 1.16. The lowest BCUT2D eigenvalue weighted by atomic mass is 10.1. The van der Waals surface area contributed by atoms with E-state index in [2.05, 4.69) is 37.4 Å². The Hall–Kier alpha value is -1.97. The Morgan fingerprint density at radius 3 is 2.62 bits per heavy atom. The van der Waals surface area contributed by atoms with E-state index >= 15 is 0 Å². The number of fused-ring (bicyclic) bond motifs is 1. The zero-order valence-electron chi connectivity index (χ0n) is 16.3. The van der Waals surface area contributed by atoms with Gasteiger partial charge < -0.3 is 14.8 Å². The van der Waals surface area contributed by atoms with E-state index in [1.54, 1.807) is 0 Å². The van der Waals surface area contributed by atoms with Crippen molar-refractivity contribution in [2.45, 2.75) is 65.2 Å². The first-order chi connectivity index (χ1) is 12.6. The number of carbonyl (C=O) groups is 1. The molecule has 26 heavy (non-hydrogen) atoms. The number of hydrogen-bond donors (Lipinski definition) is 1. The number of allylic oxidation sites excluding steroid dienone is 1. The molecule has 4 heteroatoms. The van der Waals surface area contributed by atoms with Gasteiger partial charge >= 0.3 is 0 Å². The van der Waals surface area contributed by atoms with Gasteiger partial charge in [-0.25, -0.2) is 0 Å². The fourth-order valence-corrected chi connectivity index (χ4v) is 2.90. The third-order valence-corrected chi connectivity index (χ3v) is 4.44. The van der Waals surface area contributed by atoms with Gasteiger partial charge in [-0.15, -0.1) is 0 Å². The van der Waals surface area contributed by atoms with Gasteiger partial charge in [-0.2, -0.15) is 0 Å². The van der Waals surface area contributed by atoms with Gasteiger partial charge in [0.05, 0.1) is 0 Å². The predicted octanol–water partition coefficient (Wildman–Crippen LogP) is 5.32. The van der Waals surface area contributed by atoms with Gasteiger partial charge in [0.2, 0.25) is 12.7 Å². The van der Waals surface area contributed by atoms with Crippen molar-refractivity contribution in [1.82, 2.24) is 5.32 Å².